The zero-order valence-corrected chi connectivity index (χ0v) is 15.7. The molecule has 2 fully saturated rings. The summed E-state index contributed by atoms with van der Waals surface area (Å²) in [5, 5.41) is 24.8. The molecule has 0 radical (unpaired) electrons. The molecule has 1 aromatic heterocycles. The summed E-state index contributed by atoms with van der Waals surface area (Å²) >= 11 is 0. The van der Waals surface area contributed by atoms with Gasteiger partial charge in [-0.1, -0.05) is 6.92 Å². The highest BCUT2D eigenvalue weighted by atomic mass is 16.5. The van der Waals surface area contributed by atoms with Gasteiger partial charge in [0.25, 0.3) is 0 Å². The van der Waals surface area contributed by atoms with Gasteiger partial charge in [-0.15, -0.1) is 10.2 Å². The average Bonchev–Trinajstić information content (AvgIpc) is 3.32. The molecule has 1 atom stereocenters. The fraction of sp³-hybridized carbons (Fsp3) is 0.833. The van der Waals surface area contributed by atoms with Gasteiger partial charge in [0.05, 0.1) is 18.8 Å². The Labute approximate surface area is 155 Å². The maximum absolute atomic E-state index is 9.70. The number of aryl methyl sites for hydroxylation is 1. The Kier molecular flexibility index (Phi) is 7.25. The Morgan fingerprint density at radius 2 is 2.19 bits per heavy atom. The van der Waals surface area contributed by atoms with Crippen molar-refractivity contribution in [1.82, 2.24) is 25.4 Å². The highest BCUT2D eigenvalue weighted by Gasteiger charge is 2.21. The number of guanidine groups is 1. The van der Waals surface area contributed by atoms with Crippen LogP contribution >= 0.6 is 0 Å². The summed E-state index contributed by atoms with van der Waals surface area (Å²) in [5.41, 5.74) is 0. The van der Waals surface area contributed by atoms with E-state index in [4.69, 9.17) is 9.73 Å². The maximum Gasteiger partial charge on any atom is 0.191 e. The van der Waals surface area contributed by atoms with Gasteiger partial charge >= 0.3 is 0 Å². The minimum atomic E-state index is -0.144. The maximum atomic E-state index is 9.70. The monoisotopic (exact) mass is 364 g/mol. The molecule has 1 aliphatic heterocycles. The van der Waals surface area contributed by atoms with Crippen molar-refractivity contribution in [3.63, 3.8) is 0 Å². The quantitative estimate of drug-likeness (QED) is 0.490. The van der Waals surface area contributed by atoms with E-state index in [0.29, 0.717) is 12.6 Å². The Hall–Kier alpha value is -1.67. The van der Waals surface area contributed by atoms with Crippen molar-refractivity contribution in [3.8, 4) is 0 Å². The third-order valence-electron chi connectivity index (χ3n) is 5.17. The van der Waals surface area contributed by atoms with Crippen LogP contribution in [0.2, 0.25) is 0 Å². The molecular formula is C18H32N6O2. The first-order valence-corrected chi connectivity index (χ1v) is 9.95. The van der Waals surface area contributed by atoms with Gasteiger partial charge in [-0.25, -0.2) is 0 Å². The molecule has 0 amide bonds. The Morgan fingerprint density at radius 1 is 1.35 bits per heavy atom. The first kappa shape index (κ1) is 19.1. The first-order valence-electron chi connectivity index (χ1n) is 9.95. The second kappa shape index (κ2) is 9.87. The highest BCUT2D eigenvalue weighted by molar-refractivity contribution is 5.80. The van der Waals surface area contributed by atoms with Crippen molar-refractivity contribution < 1.29 is 9.84 Å². The van der Waals surface area contributed by atoms with Crippen LogP contribution in [0, 0.1) is 0 Å². The summed E-state index contributed by atoms with van der Waals surface area (Å²) < 4.78 is 7.76. The van der Waals surface area contributed by atoms with Crippen LogP contribution in [-0.4, -0.2) is 63.8 Å². The molecule has 26 heavy (non-hydrogen) atoms. The van der Waals surface area contributed by atoms with Gasteiger partial charge in [0.15, 0.2) is 5.96 Å². The number of aliphatic hydroxyl groups excluding tert-OH is 1. The zero-order chi connectivity index (χ0) is 18.2. The molecule has 1 aliphatic carbocycles. The van der Waals surface area contributed by atoms with Crippen molar-refractivity contribution in [3.05, 3.63) is 12.2 Å². The van der Waals surface area contributed by atoms with E-state index < -0.39 is 0 Å². The number of nitrogens with one attached hydrogen (secondary N) is 2. The second-order valence-corrected chi connectivity index (χ2v) is 7.19. The van der Waals surface area contributed by atoms with E-state index in [1.165, 1.54) is 0 Å². The fourth-order valence-electron chi connectivity index (χ4n) is 3.58. The number of nitrogens with zero attached hydrogens (tertiary/aromatic N) is 4. The smallest absolute Gasteiger partial charge is 0.191 e. The Morgan fingerprint density at radius 3 is 2.92 bits per heavy atom. The topological polar surface area (TPSA) is 96.6 Å². The summed E-state index contributed by atoms with van der Waals surface area (Å²) in [6.45, 7) is 5.20. The number of ether oxygens (including phenoxy) is 1. The lowest BCUT2D eigenvalue weighted by molar-refractivity contribution is 0.117. The van der Waals surface area contributed by atoms with Crippen LogP contribution in [0.3, 0.4) is 0 Å². The van der Waals surface area contributed by atoms with Crippen LogP contribution < -0.4 is 10.6 Å². The Bertz CT molecular complexity index is 562. The number of aliphatic imine (C=N–C) groups is 1. The molecule has 2 aliphatic rings. The number of rotatable bonds is 7. The van der Waals surface area contributed by atoms with E-state index in [2.05, 4.69) is 32.3 Å². The largest absolute Gasteiger partial charge is 0.393 e. The van der Waals surface area contributed by atoms with E-state index in [-0.39, 0.29) is 12.2 Å². The van der Waals surface area contributed by atoms with Crippen molar-refractivity contribution in [1.29, 1.82) is 0 Å². The SMILES string of the molecule is CCc1nncn1CCNC(=NCC1CCCO1)NC1CCC(O)CC1. The Balaban J connectivity index is 1.52. The fourth-order valence-corrected chi connectivity index (χ4v) is 3.58. The molecule has 8 heteroatoms. The standard InChI is InChI=1S/C18H32N6O2/c1-2-17-23-21-13-24(17)10-9-19-18(20-12-16-4-3-11-26-16)22-14-5-7-15(25)8-6-14/h13-16,25H,2-12H2,1H3,(H2,19,20,22). The molecule has 0 aromatic carbocycles. The molecule has 2 heterocycles. The van der Waals surface area contributed by atoms with Crippen LogP contribution in [0.5, 0.6) is 0 Å². The third-order valence-corrected chi connectivity index (χ3v) is 5.17. The van der Waals surface area contributed by atoms with E-state index in [1.807, 2.05) is 0 Å². The van der Waals surface area contributed by atoms with E-state index in [1.54, 1.807) is 6.33 Å². The van der Waals surface area contributed by atoms with E-state index >= 15 is 0 Å². The van der Waals surface area contributed by atoms with Gasteiger partial charge in [-0.05, 0) is 38.5 Å². The van der Waals surface area contributed by atoms with Crippen LogP contribution in [0.4, 0.5) is 0 Å². The third kappa shape index (κ3) is 5.67. The van der Waals surface area contributed by atoms with Gasteiger partial charge in [0.1, 0.15) is 12.2 Å². The van der Waals surface area contributed by atoms with Crippen molar-refractivity contribution in [2.24, 2.45) is 4.99 Å². The summed E-state index contributed by atoms with van der Waals surface area (Å²) in [4.78, 5) is 4.75. The minimum absolute atomic E-state index is 0.144. The lowest BCUT2D eigenvalue weighted by Gasteiger charge is -2.28. The van der Waals surface area contributed by atoms with Crippen molar-refractivity contribution >= 4 is 5.96 Å². The summed E-state index contributed by atoms with van der Waals surface area (Å²) in [5.74, 6) is 1.84. The van der Waals surface area contributed by atoms with Gasteiger partial charge in [0.2, 0.25) is 0 Å². The van der Waals surface area contributed by atoms with Gasteiger partial charge in [0, 0.05) is 32.2 Å². The summed E-state index contributed by atoms with van der Waals surface area (Å²) in [7, 11) is 0. The molecule has 146 valence electrons. The first-order chi connectivity index (χ1) is 12.7. The predicted octanol–water partition coefficient (Wildman–Crippen LogP) is 0.858. The van der Waals surface area contributed by atoms with E-state index in [9.17, 15) is 5.11 Å². The van der Waals surface area contributed by atoms with Crippen molar-refractivity contribution in [2.45, 2.75) is 76.7 Å². The minimum Gasteiger partial charge on any atom is -0.393 e. The summed E-state index contributed by atoms with van der Waals surface area (Å²) in [6.07, 6.45) is 8.65. The van der Waals surface area contributed by atoms with Gasteiger partial charge in [-0.2, -0.15) is 0 Å². The number of aliphatic hydroxyl groups is 1. The van der Waals surface area contributed by atoms with Crippen LogP contribution in [0.1, 0.15) is 51.3 Å². The lowest BCUT2D eigenvalue weighted by atomic mass is 9.93. The second-order valence-electron chi connectivity index (χ2n) is 7.19. The normalized spacial score (nSPS) is 26.8. The molecule has 8 nitrogen and oxygen atoms in total. The molecule has 1 unspecified atom stereocenters. The van der Waals surface area contributed by atoms with Gasteiger partial charge in [-0.3, -0.25) is 4.99 Å². The number of aromatic nitrogens is 3. The number of hydrogen-bond acceptors (Lipinski definition) is 5. The van der Waals surface area contributed by atoms with Crippen molar-refractivity contribution in [2.75, 3.05) is 19.7 Å². The zero-order valence-electron chi connectivity index (χ0n) is 15.7. The van der Waals surface area contributed by atoms with Crippen LogP contribution in [0.25, 0.3) is 0 Å². The lowest BCUT2D eigenvalue weighted by Crippen LogP contribution is -2.46. The molecule has 0 bridgehead atoms. The van der Waals surface area contributed by atoms with Gasteiger partial charge < -0.3 is 25.0 Å². The highest BCUT2D eigenvalue weighted by Crippen LogP contribution is 2.18. The molecule has 0 spiro atoms. The molecule has 1 saturated carbocycles. The van der Waals surface area contributed by atoms with E-state index in [0.717, 1.165) is 76.4 Å². The summed E-state index contributed by atoms with van der Waals surface area (Å²) in [6, 6.07) is 0.371. The molecule has 3 rings (SSSR count). The molecule has 1 aromatic rings. The average molecular weight is 364 g/mol. The molecular weight excluding hydrogens is 332 g/mol. The van der Waals surface area contributed by atoms with Crippen LogP contribution in [0.15, 0.2) is 11.3 Å². The molecule has 1 saturated heterocycles. The number of hydrogen-bond donors (Lipinski definition) is 3. The predicted molar refractivity (Wildman–Crippen MR) is 100 cm³/mol. The molecule has 3 N–H and O–H groups in total. The van der Waals surface area contributed by atoms with Crippen LogP contribution in [-0.2, 0) is 17.7 Å².